The van der Waals surface area contributed by atoms with Crippen LogP contribution in [0, 0.1) is 5.92 Å². The van der Waals surface area contributed by atoms with Gasteiger partial charge in [0.25, 0.3) is 5.91 Å². The molecule has 3 N–H and O–H groups in total. The van der Waals surface area contributed by atoms with E-state index in [-0.39, 0.29) is 31.0 Å². The number of nitrogens with one attached hydrogen (secondary N) is 3. The molecule has 3 aliphatic rings. The zero-order valence-corrected chi connectivity index (χ0v) is 19.4. The molecule has 4 amide bonds. The fraction of sp³-hybridized carbons (Fsp3) is 0.714. The highest BCUT2D eigenvalue weighted by Crippen LogP contribution is 2.45. The number of nitrogens with zero attached hydrogens (tertiary/aromatic N) is 1. The van der Waals surface area contributed by atoms with E-state index < -0.39 is 44.7 Å². The van der Waals surface area contributed by atoms with Gasteiger partial charge >= 0.3 is 6.03 Å². The highest BCUT2D eigenvalue weighted by Gasteiger charge is 2.61. The summed E-state index contributed by atoms with van der Waals surface area (Å²) in [5, 5.41) is 4.79. The number of carbonyl (C=O) groups is 4. The standard InChI is InChI=1S/C21H32N4O6S/c1-14(26)8-11-17-18(27)23-21(19(28)24-32(30,31)16-9-10-16)13-15(21)7-5-3-4-6-12-25(2)20(29)22-17/h5,7,15-17H,3-4,6,8-13H2,1-2H3,(H,22,29)(H,23,27)(H,24,28)/b7-5-. The van der Waals surface area contributed by atoms with Crippen molar-refractivity contribution in [3.63, 3.8) is 0 Å². The minimum atomic E-state index is -3.77. The van der Waals surface area contributed by atoms with Gasteiger partial charge in [-0.2, -0.15) is 0 Å². The van der Waals surface area contributed by atoms with Gasteiger partial charge in [0.1, 0.15) is 17.4 Å². The van der Waals surface area contributed by atoms with Crippen molar-refractivity contribution in [1.29, 1.82) is 0 Å². The van der Waals surface area contributed by atoms with Crippen molar-refractivity contribution in [2.45, 2.75) is 75.1 Å². The van der Waals surface area contributed by atoms with Crippen LogP contribution in [0.3, 0.4) is 0 Å². The summed E-state index contributed by atoms with van der Waals surface area (Å²) in [5.74, 6) is -1.83. The molecule has 0 aromatic rings. The first-order chi connectivity index (χ1) is 15.0. The molecule has 32 heavy (non-hydrogen) atoms. The predicted molar refractivity (Wildman–Crippen MR) is 117 cm³/mol. The zero-order valence-electron chi connectivity index (χ0n) is 18.6. The molecule has 11 heteroatoms. The van der Waals surface area contributed by atoms with Crippen LogP contribution in [0.25, 0.3) is 0 Å². The van der Waals surface area contributed by atoms with Crippen LogP contribution < -0.4 is 15.4 Å². The Morgan fingerprint density at radius 2 is 1.97 bits per heavy atom. The zero-order chi connectivity index (χ0) is 23.5. The number of allylic oxidation sites excluding steroid dienone is 1. The number of amides is 4. The summed E-state index contributed by atoms with van der Waals surface area (Å²) in [4.78, 5) is 51.6. The number of ketones is 1. The Hall–Kier alpha value is -2.43. The lowest BCUT2D eigenvalue weighted by Crippen LogP contribution is -2.58. The Balaban J connectivity index is 1.83. The van der Waals surface area contributed by atoms with Gasteiger partial charge in [0.15, 0.2) is 0 Å². The topological polar surface area (TPSA) is 142 Å². The normalized spacial score (nSPS) is 30.2. The van der Waals surface area contributed by atoms with Gasteiger partial charge in [0, 0.05) is 25.9 Å². The lowest BCUT2D eigenvalue weighted by atomic mass is 10.1. The third-order valence-corrected chi connectivity index (χ3v) is 8.01. The molecule has 0 saturated heterocycles. The van der Waals surface area contributed by atoms with E-state index in [2.05, 4.69) is 15.4 Å². The van der Waals surface area contributed by atoms with E-state index in [1.807, 2.05) is 12.2 Å². The molecule has 1 heterocycles. The minimum Gasteiger partial charge on any atom is -0.339 e. The summed E-state index contributed by atoms with van der Waals surface area (Å²) in [6, 6.07) is -1.46. The molecular formula is C21H32N4O6S. The van der Waals surface area contributed by atoms with E-state index in [1.165, 1.54) is 11.8 Å². The Labute approximate surface area is 188 Å². The van der Waals surface area contributed by atoms with Crippen LogP contribution in [0.15, 0.2) is 12.2 Å². The molecule has 2 fully saturated rings. The van der Waals surface area contributed by atoms with Crippen LogP contribution in [-0.2, 0) is 24.4 Å². The third kappa shape index (κ3) is 5.87. The Morgan fingerprint density at radius 1 is 1.25 bits per heavy atom. The monoisotopic (exact) mass is 468 g/mol. The van der Waals surface area contributed by atoms with Gasteiger partial charge in [-0.15, -0.1) is 0 Å². The van der Waals surface area contributed by atoms with Crippen LogP contribution in [0.1, 0.15) is 58.3 Å². The second-order valence-corrected chi connectivity index (χ2v) is 11.0. The highest BCUT2D eigenvalue weighted by atomic mass is 32.2. The number of Topliss-reactive ketones (excluding diaryl/α,β-unsaturated/α-hetero) is 1. The molecule has 2 aliphatic carbocycles. The van der Waals surface area contributed by atoms with Crippen molar-refractivity contribution >= 4 is 33.7 Å². The second kappa shape index (κ2) is 9.60. The van der Waals surface area contributed by atoms with Crippen LogP contribution >= 0.6 is 0 Å². The molecule has 1 aliphatic heterocycles. The van der Waals surface area contributed by atoms with Crippen molar-refractivity contribution in [3.05, 3.63) is 12.2 Å². The smallest absolute Gasteiger partial charge is 0.317 e. The van der Waals surface area contributed by atoms with Gasteiger partial charge in [0.2, 0.25) is 15.9 Å². The molecule has 0 aromatic carbocycles. The number of sulfonamides is 1. The summed E-state index contributed by atoms with van der Waals surface area (Å²) >= 11 is 0. The molecule has 10 nitrogen and oxygen atoms in total. The van der Waals surface area contributed by atoms with Gasteiger partial charge in [-0.1, -0.05) is 12.2 Å². The lowest BCUT2D eigenvalue weighted by Gasteiger charge is -2.26. The van der Waals surface area contributed by atoms with Crippen LogP contribution in [0.2, 0.25) is 0 Å². The molecule has 0 bridgehead atoms. The van der Waals surface area contributed by atoms with Gasteiger partial charge in [-0.25, -0.2) is 13.2 Å². The average Bonchev–Trinajstić information content (AvgIpc) is 3.61. The SMILES string of the molecule is CC(=O)CCC1NC(=O)N(C)CCCC/C=C\C2CC2(C(=O)NS(=O)(=O)C2CC2)NC1=O. The van der Waals surface area contributed by atoms with Crippen LogP contribution in [-0.4, -0.2) is 67.4 Å². The maximum absolute atomic E-state index is 13.1. The van der Waals surface area contributed by atoms with Crippen molar-refractivity contribution in [3.8, 4) is 0 Å². The van der Waals surface area contributed by atoms with E-state index in [1.54, 1.807) is 7.05 Å². The van der Waals surface area contributed by atoms with Gasteiger partial charge in [0.05, 0.1) is 5.25 Å². The molecule has 3 rings (SSSR count). The summed E-state index contributed by atoms with van der Waals surface area (Å²) < 4.78 is 26.8. The number of hydrogen-bond donors (Lipinski definition) is 3. The number of urea groups is 1. The van der Waals surface area contributed by atoms with E-state index in [9.17, 15) is 27.6 Å². The van der Waals surface area contributed by atoms with Crippen molar-refractivity contribution in [2.24, 2.45) is 5.92 Å². The first-order valence-electron chi connectivity index (χ1n) is 11.1. The largest absolute Gasteiger partial charge is 0.339 e. The number of rotatable bonds is 6. The third-order valence-electron chi connectivity index (χ3n) is 6.19. The second-order valence-electron chi connectivity index (χ2n) is 9.04. The maximum Gasteiger partial charge on any atom is 0.317 e. The van der Waals surface area contributed by atoms with Crippen molar-refractivity contribution in [1.82, 2.24) is 20.3 Å². The fourth-order valence-corrected chi connectivity index (χ4v) is 5.18. The Bertz CT molecular complexity index is 913. The first-order valence-corrected chi connectivity index (χ1v) is 12.7. The lowest BCUT2D eigenvalue weighted by molar-refractivity contribution is -0.130. The molecule has 0 spiro atoms. The van der Waals surface area contributed by atoms with Gasteiger partial charge < -0.3 is 20.3 Å². The minimum absolute atomic E-state index is 0.0827. The molecule has 2 saturated carbocycles. The number of carbonyl (C=O) groups excluding carboxylic acids is 4. The number of fused-ring (bicyclic) bond motifs is 1. The van der Waals surface area contributed by atoms with Crippen LogP contribution in [0.5, 0.6) is 0 Å². The molecule has 0 radical (unpaired) electrons. The van der Waals surface area contributed by atoms with E-state index >= 15 is 0 Å². The van der Waals surface area contributed by atoms with Gasteiger partial charge in [-0.3, -0.25) is 14.3 Å². The predicted octanol–water partition coefficient (Wildman–Crippen LogP) is 0.589. The molecule has 3 unspecified atom stereocenters. The molecule has 3 atom stereocenters. The van der Waals surface area contributed by atoms with Crippen molar-refractivity contribution < 1.29 is 27.6 Å². The molecule has 178 valence electrons. The number of hydrogen-bond acceptors (Lipinski definition) is 6. The quantitative estimate of drug-likeness (QED) is 0.487. The highest BCUT2D eigenvalue weighted by molar-refractivity contribution is 7.91. The maximum atomic E-state index is 13.1. The first kappa shape index (κ1) is 24.2. The molecular weight excluding hydrogens is 436 g/mol. The Morgan fingerprint density at radius 3 is 2.62 bits per heavy atom. The Kier molecular flexibility index (Phi) is 7.26. The van der Waals surface area contributed by atoms with E-state index in [4.69, 9.17) is 0 Å². The van der Waals surface area contributed by atoms with E-state index in [0.717, 1.165) is 19.3 Å². The average molecular weight is 469 g/mol. The summed E-state index contributed by atoms with van der Waals surface area (Å²) in [6.45, 7) is 1.92. The summed E-state index contributed by atoms with van der Waals surface area (Å²) in [5.41, 5.74) is -1.38. The summed E-state index contributed by atoms with van der Waals surface area (Å²) in [7, 11) is -2.14. The fourth-order valence-electron chi connectivity index (χ4n) is 3.82. The van der Waals surface area contributed by atoms with Crippen LogP contribution in [0.4, 0.5) is 4.79 Å². The van der Waals surface area contributed by atoms with Gasteiger partial charge in [-0.05, 0) is 51.9 Å². The molecule has 0 aromatic heterocycles. The summed E-state index contributed by atoms with van der Waals surface area (Å²) in [6.07, 6.45) is 7.61. The van der Waals surface area contributed by atoms with E-state index in [0.29, 0.717) is 19.4 Å². The van der Waals surface area contributed by atoms with Crippen molar-refractivity contribution in [2.75, 3.05) is 13.6 Å².